The summed E-state index contributed by atoms with van der Waals surface area (Å²) < 4.78 is 26.9. The van der Waals surface area contributed by atoms with Gasteiger partial charge in [-0.15, -0.1) is 0 Å². The third kappa shape index (κ3) is 4.32. The fraction of sp³-hybridized carbons (Fsp3) is 0.286. The summed E-state index contributed by atoms with van der Waals surface area (Å²) in [5.74, 6) is 0.0802. The van der Waals surface area contributed by atoms with Crippen molar-refractivity contribution in [2.75, 3.05) is 19.6 Å². The van der Waals surface area contributed by atoms with Gasteiger partial charge in [0.15, 0.2) is 0 Å². The highest BCUT2D eigenvalue weighted by Gasteiger charge is 2.29. The van der Waals surface area contributed by atoms with E-state index in [0.29, 0.717) is 48.1 Å². The summed E-state index contributed by atoms with van der Waals surface area (Å²) in [6.07, 6.45) is 1.43. The number of carbonyl (C=O) groups excluding carboxylic acids is 1. The molecule has 0 atom stereocenters. The second kappa shape index (κ2) is 8.18. The minimum atomic E-state index is -3.45. The van der Waals surface area contributed by atoms with Gasteiger partial charge < -0.3 is 10.3 Å². The van der Waals surface area contributed by atoms with Crippen molar-refractivity contribution in [1.82, 2.24) is 14.6 Å². The minimum absolute atomic E-state index is 0.170. The Morgan fingerprint density at radius 3 is 2.55 bits per heavy atom. The molecule has 0 saturated carbocycles. The van der Waals surface area contributed by atoms with Crippen LogP contribution in [0, 0.1) is 5.92 Å². The molecule has 1 aliphatic rings. The quantitative estimate of drug-likeness (QED) is 0.646. The molecule has 3 aromatic rings. The third-order valence-corrected chi connectivity index (χ3v) is 7.48. The fourth-order valence-electron chi connectivity index (χ4n) is 3.65. The van der Waals surface area contributed by atoms with Gasteiger partial charge in [-0.25, -0.2) is 8.42 Å². The van der Waals surface area contributed by atoms with E-state index < -0.39 is 10.0 Å². The van der Waals surface area contributed by atoms with Gasteiger partial charge in [-0.1, -0.05) is 35.9 Å². The van der Waals surface area contributed by atoms with Crippen LogP contribution in [-0.4, -0.2) is 43.2 Å². The second-order valence-corrected chi connectivity index (χ2v) is 9.66. The van der Waals surface area contributed by atoms with Crippen LogP contribution in [0.4, 0.5) is 0 Å². The maximum absolute atomic E-state index is 12.7. The number of sulfonamides is 1. The smallest absolute Gasteiger partial charge is 0.267 e. The molecule has 4 rings (SSSR count). The molecule has 152 valence electrons. The molecular formula is C21H22ClN3O3S. The summed E-state index contributed by atoms with van der Waals surface area (Å²) in [5, 5.41) is 4.50. The van der Waals surface area contributed by atoms with Crippen LogP contribution < -0.4 is 5.32 Å². The standard InChI is InChI=1S/C21H22ClN3O3S/c22-17-7-6-16-12-20(24-19(16)13-17)21(26)23-14-15-8-10-25(11-9-15)29(27,28)18-4-2-1-3-5-18/h1-7,12-13,15,24H,8-11,14H2,(H,23,26). The van der Waals surface area contributed by atoms with E-state index in [1.807, 2.05) is 6.07 Å². The number of halogens is 1. The molecule has 6 nitrogen and oxygen atoms in total. The number of nitrogens with zero attached hydrogens (tertiary/aromatic N) is 1. The number of nitrogens with one attached hydrogen (secondary N) is 2. The maximum atomic E-state index is 12.7. The monoisotopic (exact) mass is 431 g/mol. The topological polar surface area (TPSA) is 82.3 Å². The maximum Gasteiger partial charge on any atom is 0.267 e. The number of H-pyrrole nitrogens is 1. The average molecular weight is 432 g/mol. The van der Waals surface area contributed by atoms with Crippen LogP contribution in [0.2, 0.25) is 5.02 Å². The third-order valence-electron chi connectivity index (χ3n) is 5.33. The number of hydrogen-bond donors (Lipinski definition) is 2. The predicted octanol–water partition coefficient (Wildman–Crippen LogP) is 3.65. The van der Waals surface area contributed by atoms with Gasteiger partial charge in [-0.3, -0.25) is 4.79 Å². The van der Waals surface area contributed by atoms with Crippen molar-refractivity contribution >= 4 is 38.4 Å². The lowest BCUT2D eigenvalue weighted by Crippen LogP contribution is -2.41. The first-order chi connectivity index (χ1) is 13.9. The van der Waals surface area contributed by atoms with E-state index in [0.717, 1.165) is 10.9 Å². The summed E-state index contributed by atoms with van der Waals surface area (Å²) in [5.41, 5.74) is 1.31. The first-order valence-corrected chi connectivity index (χ1v) is 11.4. The highest BCUT2D eigenvalue weighted by atomic mass is 35.5. The summed E-state index contributed by atoms with van der Waals surface area (Å²) in [6.45, 7) is 1.44. The lowest BCUT2D eigenvalue weighted by Gasteiger charge is -2.31. The van der Waals surface area contributed by atoms with Gasteiger partial charge in [-0.05, 0) is 49.1 Å². The molecule has 8 heteroatoms. The number of benzene rings is 2. The minimum Gasteiger partial charge on any atom is -0.350 e. The van der Waals surface area contributed by atoms with E-state index in [9.17, 15) is 13.2 Å². The summed E-state index contributed by atoms with van der Waals surface area (Å²) in [4.78, 5) is 15.9. The summed E-state index contributed by atoms with van der Waals surface area (Å²) >= 11 is 5.99. The highest BCUT2D eigenvalue weighted by Crippen LogP contribution is 2.24. The SMILES string of the molecule is O=C(NCC1CCN(S(=O)(=O)c2ccccc2)CC1)c1cc2ccc(Cl)cc2[nH]1. The Labute approximate surface area is 174 Å². The van der Waals surface area contributed by atoms with Gasteiger partial charge in [0, 0.05) is 35.6 Å². The van der Waals surface area contributed by atoms with Crippen molar-refractivity contribution in [3.63, 3.8) is 0 Å². The van der Waals surface area contributed by atoms with Crippen molar-refractivity contribution in [1.29, 1.82) is 0 Å². The Balaban J connectivity index is 1.32. The molecule has 2 heterocycles. The number of hydrogen-bond acceptors (Lipinski definition) is 3. The van der Waals surface area contributed by atoms with Crippen molar-refractivity contribution in [3.8, 4) is 0 Å². The van der Waals surface area contributed by atoms with E-state index in [1.54, 1.807) is 48.5 Å². The summed E-state index contributed by atoms with van der Waals surface area (Å²) in [6, 6.07) is 15.7. The number of rotatable bonds is 5. The highest BCUT2D eigenvalue weighted by molar-refractivity contribution is 7.89. The van der Waals surface area contributed by atoms with Gasteiger partial charge in [0.1, 0.15) is 5.69 Å². The molecule has 0 bridgehead atoms. The molecule has 29 heavy (non-hydrogen) atoms. The Morgan fingerprint density at radius 1 is 1.10 bits per heavy atom. The van der Waals surface area contributed by atoms with E-state index in [4.69, 9.17) is 11.6 Å². The first-order valence-electron chi connectivity index (χ1n) is 9.55. The molecule has 0 spiro atoms. The van der Waals surface area contributed by atoms with Crippen molar-refractivity contribution in [2.24, 2.45) is 5.92 Å². The van der Waals surface area contributed by atoms with E-state index in [1.165, 1.54) is 4.31 Å². The summed E-state index contributed by atoms with van der Waals surface area (Å²) in [7, 11) is -3.45. The van der Waals surface area contributed by atoms with Crippen molar-refractivity contribution in [2.45, 2.75) is 17.7 Å². The van der Waals surface area contributed by atoms with Crippen LogP contribution >= 0.6 is 11.6 Å². The Hall–Kier alpha value is -2.35. The number of fused-ring (bicyclic) bond motifs is 1. The van der Waals surface area contributed by atoms with Crippen LogP contribution in [0.5, 0.6) is 0 Å². The largest absolute Gasteiger partial charge is 0.350 e. The van der Waals surface area contributed by atoms with E-state index >= 15 is 0 Å². The Kier molecular flexibility index (Phi) is 5.63. The zero-order chi connectivity index (χ0) is 20.4. The normalized spacial score (nSPS) is 16.2. The van der Waals surface area contributed by atoms with E-state index in [-0.39, 0.29) is 11.8 Å². The molecule has 1 amide bonds. The fourth-order valence-corrected chi connectivity index (χ4v) is 5.31. The number of piperidine rings is 1. The first kappa shape index (κ1) is 19.9. The van der Waals surface area contributed by atoms with Gasteiger partial charge in [0.25, 0.3) is 5.91 Å². The van der Waals surface area contributed by atoms with Gasteiger partial charge >= 0.3 is 0 Å². The average Bonchev–Trinajstić information content (AvgIpc) is 3.16. The lowest BCUT2D eigenvalue weighted by atomic mass is 9.98. The second-order valence-electron chi connectivity index (χ2n) is 7.29. The van der Waals surface area contributed by atoms with Gasteiger partial charge in [-0.2, -0.15) is 4.31 Å². The Morgan fingerprint density at radius 2 is 1.83 bits per heavy atom. The predicted molar refractivity (Wildman–Crippen MR) is 114 cm³/mol. The van der Waals surface area contributed by atoms with Gasteiger partial charge in [0.2, 0.25) is 10.0 Å². The van der Waals surface area contributed by atoms with Gasteiger partial charge in [0.05, 0.1) is 4.90 Å². The number of aromatic amines is 1. The molecule has 0 aliphatic carbocycles. The van der Waals surface area contributed by atoms with Crippen molar-refractivity contribution < 1.29 is 13.2 Å². The Bertz CT molecular complexity index is 1120. The van der Waals surface area contributed by atoms with Crippen LogP contribution in [0.25, 0.3) is 10.9 Å². The number of amides is 1. The molecule has 0 unspecified atom stereocenters. The molecule has 0 radical (unpaired) electrons. The molecule has 1 aromatic heterocycles. The number of carbonyl (C=O) groups is 1. The van der Waals surface area contributed by atoms with Crippen LogP contribution in [0.3, 0.4) is 0 Å². The molecule has 1 fully saturated rings. The zero-order valence-corrected chi connectivity index (χ0v) is 17.3. The van der Waals surface area contributed by atoms with E-state index in [2.05, 4.69) is 10.3 Å². The molecule has 1 aliphatic heterocycles. The molecular weight excluding hydrogens is 410 g/mol. The number of aromatic nitrogens is 1. The molecule has 2 N–H and O–H groups in total. The zero-order valence-electron chi connectivity index (χ0n) is 15.8. The van der Waals surface area contributed by atoms with Crippen molar-refractivity contribution in [3.05, 3.63) is 65.3 Å². The lowest BCUT2D eigenvalue weighted by molar-refractivity contribution is 0.0937. The van der Waals surface area contributed by atoms with Crippen LogP contribution in [-0.2, 0) is 10.0 Å². The molecule has 2 aromatic carbocycles. The molecule has 1 saturated heterocycles. The van der Waals surface area contributed by atoms with Crippen LogP contribution in [0.15, 0.2) is 59.5 Å². The van der Waals surface area contributed by atoms with Crippen LogP contribution in [0.1, 0.15) is 23.3 Å².